The van der Waals surface area contributed by atoms with Gasteiger partial charge in [-0.05, 0) is 31.2 Å². The average Bonchev–Trinajstić information content (AvgIpc) is 2.98. The molecule has 0 bridgehead atoms. The average molecular weight is 356 g/mol. The molecule has 2 aromatic carbocycles. The van der Waals surface area contributed by atoms with Gasteiger partial charge in [-0.2, -0.15) is 0 Å². The van der Waals surface area contributed by atoms with Crippen LogP contribution in [0.15, 0.2) is 54.6 Å². The Morgan fingerprint density at radius 1 is 1.20 bits per heavy atom. The fraction of sp³-hybridized carbons (Fsp3) is 0.158. The Morgan fingerprint density at radius 3 is 2.72 bits per heavy atom. The van der Waals surface area contributed by atoms with E-state index in [2.05, 4.69) is 10.3 Å². The molecule has 0 aliphatic rings. The summed E-state index contributed by atoms with van der Waals surface area (Å²) in [5.41, 5.74) is 2.12. The van der Waals surface area contributed by atoms with E-state index >= 15 is 0 Å². The molecule has 0 amide bonds. The number of thiazole rings is 1. The Labute approximate surface area is 149 Å². The molecule has 3 rings (SSSR count). The summed E-state index contributed by atoms with van der Waals surface area (Å²) in [4.78, 5) is 17.2. The summed E-state index contributed by atoms with van der Waals surface area (Å²) in [7, 11) is 0. The molecule has 0 saturated carbocycles. The van der Waals surface area contributed by atoms with Crippen LogP contribution in [0.2, 0.25) is 0 Å². The highest BCUT2D eigenvalue weighted by molar-refractivity contribution is 7.16. The summed E-state index contributed by atoms with van der Waals surface area (Å²) >= 11 is 1.36. The minimum Gasteiger partial charge on any atom is -0.466 e. The predicted molar refractivity (Wildman–Crippen MR) is 97.6 cm³/mol. The number of nitrogens with zero attached hydrogens (tertiary/aromatic N) is 1. The number of aromatic nitrogens is 1. The maximum Gasteiger partial charge on any atom is 0.311 e. The van der Waals surface area contributed by atoms with Crippen molar-refractivity contribution in [1.82, 2.24) is 4.98 Å². The molecule has 1 N–H and O–H groups in total. The zero-order valence-corrected chi connectivity index (χ0v) is 14.5. The number of hydrogen-bond donors (Lipinski definition) is 1. The highest BCUT2D eigenvalue weighted by Crippen LogP contribution is 2.33. The summed E-state index contributed by atoms with van der Waals surface area (Å²) in [6.45, 7) is 2.09. The van der Waals surface area contributed by atoms with Crippen molar-refractivity contribution >= 4 is 28.1 Å². The third kappa shape index (κ3) is 4.42. The van der Waals surface area contributed by atoms with Crippen LogP contribution in [0.3, 0.4) is 0 Å². The largest absolute Gasteiger partial charge is 0.466 e. The van der Waals surface area contributed by atoms with Crippen molar-refractivity contribution in [1.29, 1.82) is 0 Å². The first-order chi connectivity index (χ1) is 12.2. The second-order valence-corrected chi connectivity index (χ2v) is 6.36. The second-order valence-electron chi connectivity index (χ2n) is 5.27. The van der Waals surface area contributed by atoms with Crippen LogP contribution >= 0.6 is 11.3 Å². The van der Waals surface area contributed by atoms with E-state index in [1.807, 2.05) is 30.3 Å². The SMILES string of the molecule is CCOC(=O)Cc1sc(Nc2ccccc2)nc1-c1cccc(F)c1. The number of rotatable bonds is 6. The molecule has 1 aromatic heterocycles. The second kappa shape index (κ2) is 7.90. The quantitative estimate of drug-likeness (QED) is 0.645. The van der Waals surface area contributed by atoms with Gasteiger partial charge in [-0.15, -0.1) is 11.3 Å². The number of nitrogens with one attached hydrogen (secondary N) is 1. The van der Waals surface area contributed by atoms with E-state index in [1.54, 1.807) is 19.1 Å². The molecule has 0 saturated heterocycles. The molecule has 0 atom stereocenters. The van der Waals surface area contributed by atoms with E-state index in [-0.39, 0.29) is 18.2 Å². The first-order valence-corrected chi connectivity index (χ1v) is 8.70. The first-order valence-electron chi connectivity index (χ1n) is 7.89. The monoisotopic (exact) mass is 356 g/mol. The van der Waals surface area contributed by atoms with Gasteiger partial charge in [-0.25, -0.2) is 9.37 Å². The Bertz CT molecular complexity index is 865. The van der Waals surface area contributed by atoms with Crippen molar-refractivity contribution in [3.05, 3.63) is 65.3 Å². The van der Waals surface area contributed by atoms with Crippen LogP contribution in [0.25, 0.3) is 11.3 Å². The maximum atomic E-state index is 13.6. The molecule has 1 heterocycles. The number of halogens is 1. The fourth-order valence-electron chi connectivity index (χ4n) is 2.37. The standard InChI is InChI=1S/C19H17FN2O2S/c1-2-24-17(23)12-16-18(13-7-6-8-14(20)11-13)22-19(25-16)21-15-9-4-3-5-10-15/h3-11H,2,12H2,1H3,(H,21,22). The van der Waals surface area contributed by atoms with E-state index < -0.39 is 0 Å². The molecule has 0 aliphatic heterocycles. The maximum absolute atomic E-state index is 13.6. The Kier molecular flexibility index (Phi) is 5.40. The number of anilines is 2. The van der Waals surface area contributed by atoms with Crippen LogP contribution in [-0.4, -0.2) is 17.6 Å². The van der Waals surface area contributed by atoms with E-state index in [0.29, 0.717) is 23.0 Å². The Balaban J connectivity index is 1.94. The van der Waals surface area contributed by atoms with Crippen molar-refractivity contribution < 1.29 is 13.9 Å². The molecule has 0 unspecified atom stereocenters. The van der Waals surface area contributed by atoms with Gasteiger partial charge in [0.25, 0.3) is 0 Å². The zero-order chi connectivity index (χ0) is 17.6. The Hall–Kier alpha value is -2.73. The van der Waals surface area contributed by atoms with Gasteiger partial charge in [0.2, 0.25) is 0 Å². The van der Waals surface area contributed by atoms with Gasteiger partial charge in [0, 0.05) is 16.1 Å². The van der Waals surface area contributed by atoms with Crippen molar-refractivity contribution in [3.8, 4) is 11.3 Å². The summed E-state index contributed by atoms with van der Waals surface area (Å²) in [6.07, 6.45) is 0.105. The van der Waals surface area contributed by atoms with Gasteiger partial charge in [0.1, 0.15) is 5.82 Å². The lowest BCUT2D eigenvalue weighted by molar-refractivity contribution is -0.142. The summed E-state index contributed by atoms with van der Waals surface area (Å²) in [6, 6.07) is 15.8. The van der Waals surface area contributed by atoms with Gasteiger partial charge in [0.15, 0.2) is 5.13 Å². The summed E-state index contributed by atoms with van der Waals surface area (Å²) < 4.78 is 18.6. The molecule has 3 aromatic rings. The van der Waals surface area contributed by atoms with Gasteiger partial charge < -0.3 is 10.1 Å². The van der Waals surface area contributed by atoms with Crippen LogP contribution in [-0.2, 0) is 16.0 Å². The van der Waals surface area contributed by atoms with Gasteiger partial charge in [0.05, 0.1) is 18.7 Å². The van der Waals surface area contributed by atoms with Crippen LogP contribution in [0.5, 0.6) is 0 Å². The number of ether oxygens (including phenoxy) is 1. The highest BCUT2D eigenvalue weighted by atomic mass is 32.1. The molecule has 0 spiro atoms. The van der Waals surface area contributed by atoms with E-state index in [9.17, 15) is 9.18 Å². The molecule has 6 heteroatoms. The van der Waals surface area contributed by atoms with Crippen molar-refractivity contribution in [2.45, 2.75) is 13.3 Å². The van der Waals surface area contributed by atoms with Crippen molar-refractivity contribution in [2.24, 2.45) is 0 Å². The summed E-state index contributed by atoms with van der Waals surface area (Å²) in [5.74, 6) is -0.666. The molecule has 128 valence electrons. The van der Waals surface area contributed by atoms with E-state index in [4.69, 9.17) is 4.74 Å². The Morgan fingerprint density at radius 2 is 2.00 bits per heavy atom. The molecule has 0 fully saturated rings. The molecule has 25 heavy (non-hydrogen) atoms. The number of carbonyl (C=O) groups is 1. The molecule has 0 aliphatic carbocycles. The lowest BCUT2D eigenvalue weighted by atomic mass is 10.1. The zero-order valence-electron chi connectivity index (χ0n) is 13.7. The van der Waals surface area contributed by atoms with Crippen LogP contribution in [0.1, 0.15) is 11.8 Å². The third-order valence-electron chi connectivity index (χ3n) is 3.43. The lowest BCUT2D eigenvalue weighted by Gasteiger charge is -2.03. The summed E-state index contributed by atoms with van der Waals surface area (Å²) in [5, 5.41) is 3.86. The third-order valence-corrected chi connectivity index (χ3v) is 4.40. The smallest absolute Gasteiger partial charge is 0.311 e. The molecule has 0 radical (unpaired) electrons. The van der Waals surface area contributed by atoms with Crippen molar-refractivity contribution in [3.63, 3.8) is 0 Å². The lowest BCUT2D eigenvalue weighted by Crippen LogP contribution is -2.07. The first kappa shape index (κ1) is 17.1. The number of carbonyl (C=O) groups excluding carboxylic acids is 1. The predicted octanol–water partition coefficient (Wildman–Crippen LogP) is 4.80. The van der Waals surface area contributed by atoms with E-state index in [0.717, 1.165) is 10.6 Å². The van der Waals surface area contributed by atoms with Gasteiger partial charge in [-0.1, -0.05) is 30.3 Å². The van der Waals surface area contributed by atoms with Crippen LogP contribution < -0.4 is 5.32 Å². The highest BCUT2D eigenvalue weighted by Gasteiger charge is 2.17. The number of para-hydroxylation sites is 1. The van der Waals surface area contributed by atoms with Gasteiger partial charge in [-0.3, -0.25) is 4.79 Å². The minimum atomic E-state index is -0.342. The molecular formula is C19H17FN2O2S. The topological polar surface area (TPSA) is 51.2 Å². The minimum absolute atomic E-state index is 0.105. The van der Waals surface area contributed by atoms with E-state index in [1.165, 1.54) is 23.5 Å². The molecular weight excluding hydrogens is 339 g/mol. The molecule has 4 nitrogen and oxygen atoms in total. The number of hydrogen-bond acceptors (Lipinski definition) is 5. The normalized spacial score (nSPS) is 10.5. The number of esters is 1. The fourth-order valence-corrected chi connectivity index (χ4v) is 3.36. The van der Waals surface area contributed by atoms with Gasteiger partial charge >= 0.3 is 5.97 Å². The van der Waals surface area contributed by atoms with Crippen LogP contribution in [0, 0.1) is 5.82 Å². The van der Waals surface area contributed by atoms with Crippen molar-refractivity contribution in [2.75, 3.05) is 11.9 Å². The number of benzene rings is 2. The van der Waals surface area contributed by atoms with Crippen LogP contribution in [0.4, 0.5) is 15.2 Å².